The lowest BCUT2D eigenvalue weighted by Gasteiger charge is -2.31. The Hall–Kier alpha value is -2.90. The summed E-state index contributed by atoms with van der Waals surface area (Å²) in [5, 5.41) is 5.17. The second kappa shape index (κ2) is 11.5. The third-order valence-corrected chi connectivity index (χ3v) is 8.17. The van der Waals surface area contributed by atoms with Gasteiger partial charge in [-0.1, -0.05) is 60.7 Å². The summed E-state index contributed by atoms with van der Waals surface area (Å²) < 4.78 is 32.9. The maximum absolute atomic E-state index is 12.8. The molecule has 1 atom stereocenters. The van der Waals surface area contributed by atoms with Gasteiger partial charge in [0.2, 0.25) is 15.9 Å². The topological polar surface area (TPSA) is 75.7 Å². The SMILES string of the molecule is O=C(NCCOc1ccc2ccccc2c1)C1CCCN(S(=O)(=O)CCCc2ccccc2)C1. The third kappa shape index (κ3) is 6.58. The second-order valence-electron chi connectivity index (χ2n) is 8.75. The molecule has 34 heavy (non-hydrogen) atoms. The lowest BCUT2D eigenvalue weighted by Crippen LogP contribution is -2.46. The fourth-order valence-corrected chi connectivity index (χ4v) is 5.97. The zero-order valence-electron chi connectivity index (χ0n) is 19.4. The highest BCUT2D eigenvalue weighted by Gasteiger charge is 2.31. The predicted octanol–water partition coefficient (Wildman–Crippen LogP) is 4.01. The summed E-state index contributed by atoms with van der Waals surface area (Å²) in [6.07, 6.45) is 2.71. The summed E-state index contributed by atoms with van der Waals surface area (Å²) in [6.45, 7) is 1.48. The molecule has 1 aliphatic heterocycles. The summed E-state index contributed by atoms with van der Waals surface area (Å²) >= 11 is 0. The van der Waals surface area contributed by atoms with Gasteiger partial charge < -0.3 is 10.1 Å². The molecular formula is C27H32N2O4S. The molecule has 0 radical (unpaired) electrons. The predicted molar refractivity (Wildman–Crippen MR) is 135 cm³/mol. The van der Waals surface area contributed by atoms with Crippen LogP contribution >= 0.6 is 0 Å². The molecule has 1 heterocycles. The first-order valence-electron chi connectivity index (χ1n) is 11.9. The van der Waals surface area contributed by atoms with E-state index in [9.17, 15) is 13.2 Å². The molecule has 1 unspecified atom stereocenters. The molecule has 0 aliphatic carbocycles. The van der Waals surface area contributed by atoms with Crippen molar-refractivity contribution in [1.29, 1.82) is 0 Å². The standard InChI is InChI=1S/C27H32N2O4S/c30-27(28-16-18-33-26-15-14-23-11-4-5-12-24(23)20-26)25-13-6-17-29(21-25)34(31,32)19-7-10-22-8-2-1-3-9-22/h1-5,8-9,11-12,14-15,20,25H,6-7,10,13,16-19,21H2,(H,28,30). The molecule has 1 aliphatic rings. The van der Waals surface area contributed by atoms with Crippen LogP contribution in [0, 0.1) is 5.92 Å². The number of aryl methyl sites for hydroxylation is 1. The summed E-state index contributed by atoms with van der Waals surface area (Å²) in [7, 11) is -3.37. The van der Waals surface area contributed by atoms with E-state index in [1.807, 2.05) is 66.7 Å². The van der Waals surface area contributed by atoms with Crippen LogP contribution in [0.5, 0.6) is 5.75 Å². The molecular weight excluding hydrogens is 448 g/mol. The number of nitrogens with zero attached hydrogens (tertiary/aromatic N) is 1. The maximum atomic E-state index is 12.8. The van der Waals surface area contributed by atoms with Crippen molar-refractivity contribution in [1.82, 2.24) is 9.62 Å². The van der Waals surface area contributed by atoms with Crippen molar-refractivity contribution < 1.29 is 17.9 Å². The number of carbonyl (C=O) groups is 1. The number of hydrogen-bond acceptors (Lipinski definition) is 4. The molecule has 1 amide bonds. The van der Waals surface area contributed by atoms with Crippen LogP contribution in [0.2, 0.25) is 0 Å². The molecule has 1 fully saturated rings. The average molecular weight is 481 g/mol. The van der Waals surface area contributed by atoms with Crippen molar-refractivity contribution in [3.05, 3.63) is 78.4 Å². The van der Waals surface area contributed by atoms with Crippen molar-refractivity contribution in [3.8, 4) is 5.75 Å². The van der Waals surface area contributed by atoms with Crippen LogP contribution in [0.1, 0.15) is 24.8 Å². The lowest BCUT2D eigenvalue weighted by molar-refractivity contribution is -0.126. The second-order valence-corrected chi connectivity index (χ2v) is 10.8. The Labute approximate surface area is 202 Å². The molecule has 3 aromatic rings. The Balaban J connectivity index is 1.20. The van der Waals surface area contributed by atoms with Gasteiger partial charge in [0.05, 0.1) is 18.2 Å². The number of sulfonamides is 1. The number of hydrogen-bond donors (Lipinski definition) is 1. The first kappa shape index (κ1) is 24.2. The maximum Gasteiger partial charge on any atom is 0.224 e. The minimum Gasteiger partial charge on any atom is -0.492 e. The molecule has 0 saturated carbocycles. The largest absolute Gasteiger partial charge is 0.492 e. The normalized spacial score (nSPS) is 16.9. The van der Waals surface area contributed by atoms with E-state index in [-0.39, 0.29) is 24.1 Å². The van der Waals surface area contributed by atoms with Gasteiger partial charge in [-0.15, -0.1) is 0 Å². The number of nitrogens with one attached hydrogen (secondary N) is 1. The number of carbonyl (C=O) groups excluding carboxylic acids is 1. The number of benzene rings is 3. The van der Waals surface area contributed by atoms with Crippen LogP contribution in [0.4, 0.5) is 0 Å². The Kier molecular flexibility index (Phi) is 8.19. The van der Waals surface area contributed by atoms with Crippen molar-refractivity contribution in [2.24, 2.45) is 5.92 Å². The van der Waals surface area contributed by atoms with E-state index < -0.39 is 10.0 Å². The van der Waals surface area contributed by atoms with Gasteiger partial charge in [0, 0.05) is 13.1 Å². The Morgan fingerprint density at radius 3 is 2.59 bits per heavy atom. The number of piperidine rings is 1. The molecule has 3 aromatic carbocycles. The van der Waals surface area contributed by atoms with E-state index >= 15 is 0 Å². The number of rotatable bonds is 10. The smallest absolute Gasteiger partial charge is 0.224 e. The number of amides is 1. The summed E-state index contributed by atoms with van der Waals surface area (Å²) in [4.78, 5) is 12.7. The first-order valence-corrected chi connectivity index (χ1v) is 13.5. The molecule has 6 nitrogen and oxygen atoms in total. The third-order valence-electron chi connectivity index (χ3n) is 6.25. The van der Waals surface area contributed by atoms with E-state index in [0.29, 0.717) is 39.0 Å². The van der Waals surface area contributed by atoms with Gasteiger partial charge in [-0.2, -0.15) is 0 Å². The van der Waals surface area contributed by atoms with Gasteiger partial charge in [-0.05, 0) is 54.2 Å². The average Bonchev–Trinajstić information content (AvgIpc) is 2.87. The molecule has 180 valence electrons. The molecule has 0 bridgehead atoms. The minimum absolute atomic E-state index is 0.105. The first-order chi connectivity index (χ1) is 16.5. The molecule has 0 aromatic heterocycles. The van der Waals surface area contributed by atoms with Crippen molar-refractivity contribution in [2.45, 2.75) is 25.7 Å². The lowest BCUT2D eigenvalue weighted by atomic mass is 9.99. The highest BCUT2D eigenvalue weighted by Crippen LogP contribution is 2.22. The van der Waals surface area contributed by atoms with Crippen LogP contribution in [-0.2, 0) is 21.2 Å². The Morgan fingerprint density at radius 1 is 1.00 bits per heavy atom. The van der Waals surface area contributed by atoms with E-state index in [0.717, 1.165) is 28.5 Å². The van der Waals surface area contributed by atoms with E-state index in [1.54, 1.807) is 0 Å². The summed E-state index contributed by atoms with van der Waals surface area (Å²) in [5.41, 5.74) is 1.14. The minimum atomic E-state index is -3.37. The summed E-state index contributed by atoms with van der Waals surface area (Å²) in [5.74, 6) is 0.443. The van der Waals surface area contributed by atoms with E-state index in [4.69, 9.17) is 4.74 Å². The molecule has 0 spiro atoms. The zero-order chi connectivity index (χ0) is 23.8. The zero-order valence-corrected chi connectivity index (χ0v) is 20.2. The van der Waals surface area contributed by atoms with Gasteiger partial charge in [0.1, 0.15) is 12.4 Å². The van der Waals surface area contributed by atoms with Crippen LogP contribution in [0.3, 0.4) is 0 Å². The summed E-state index contributed by atoms with van der Waals surface area (Å²) in [6, 6.07) is 23.9. The Morgan fingerprint density at radius 2 is 1.76 bits per heavy atom. The van der Waals surface area contributed by atoms with Crippen LogP contribution < -0.4 is 10.1 Å². The van der Waals surface area contributed by atoms with Crippen LogP contribution in [0.25, 0.3) is 10.8 Å². The fraction of sp³-hybridized carbons (Fsp3) is 0.370. The van der Waals surface area contributed by atoms with Gasteiger partial charge >= 0.3 is 0 Å². The molecule has 1 N–H and O–H groups in total. The molecule has 1 saturated heterocycles. The number of fused-ring (bicyclic) bond motifs is 1. The van der Waals surface area contributed by atoms with Crippen LogP contribution in [-0.4, -0.2) is 50.6 Å². The highest BCUT2D eigenvalue weighted by atomic mass is 32.2. The van der Waals surface area contributed by atoms with Gasteiger partial charge in [0.25, 0.3) is 0 Å². The molecule has 4 rings (SSSR count). The van der Waals surface area contributed by atoms with Crippen molar-refractivity contribution >= 4 is 26.7 Å². The highest BCUT2D eigenvalue weighted by molar-refractivity contribution is 7.89. The van der Waals surface area contributed by atoms with Gasteiger partial charge in [-0.3, -0.25) is 4.79 Å². The van der Waals surface area contributed by atoms with Crippen LogP contribution in [0.15, 0.2) is 72.8 Å². The Bertz CT molecular complexity index is 1200. The van der Waals surface area contributed by atoms with E-state index in [2.05, 4.69) is 11.4 Å². The quantitative estimate of drug-likeness (QED) is 0.445. The monoisotopic (exact) mass is 480 g/mol. The van der Waals surface area contributed by atoms with E-state index in [1.165, 1.54) is 4.31 Å². The van der Waals surface area contributed by atoms with Crippen molar-refractivity contribution in [2.75, 3.05) is 32.0 Å². The molecule has 7 heteroatoms. The fourth-order valence-electron chi connectivity index (χ4n) is 4.39. The van der Waals surface area contributed by atoms with Gasteiger partial charge in [0.15, 0.2) is 0 Å². The van der Waals surface area contributed by atoms with Crippen molar-refractivity contribution in [3.63, 3.8) is 0 Å². The van der Waals surface area contributed by atoms with Gasteiger partial charge in [-0.25, -0.2) is 12.7 Å². The number of ether oxygens (including phenoxy) is 1.